The van der Waals surface area contributed by atoms with E-state index in [1.165, 1.54) is 24.2 Å². The summed E-state index contributed by atoms with van der Waals surface area (Å²) in [6, 6.07) is 15.0. The number of piperidine rings is 1. The Balaban J connectivity index is 1.62. The average molecular weight is 416 g/mol. The van der Waals surface area contributed by atoms with Crippen LogP contribution in [-0.4, -0.2) is 53.0 Å². The fourth-order valence-corrected chi connectivity index (χ4v) is 4.78. The predicted molar refractivity (Wildman–Crippen MR) is 116 cm³/mol. The van der Waals surface area contributed by atoms with Crippen molar-refractivity contribution in [3.8, 4) is 0 Å². The second-order valence-corrected chi connectivity index (χ2v) is 9.60. The van der Waals surface area contributed by atoms with E-state index in [0.29, 0.717) is 23.7 Å². The number of carbonyl (C=O) groups excluding carboxylic acids is 1. The van der Waals surface area contributed by atoms with Gasteiger partial charge >= 0.3 is 0 Å². The maximum atomic E-state index is 12.8. The van der Waals surface area contributed by atoms with Crippen LogP contribution in [0, 0.1) is 5.92 Å². The maximum Gasteiger partial charge on any atom is 0.264 e. The van der Waals surface area contributed by atoms with E-state index in [1.54, 1.807) is 54.6 Å². The highest BCUT2D eigenvalue weighted by Crippen LogP contribution is 2.23. The van der Waals surface area contributed by atoms with Gasteiger partial charge in [0.05, 0.1) is 10.6 Å². The van der Waals surface area contributed by atoms with Crippen molar-refractivity contribution in [2.24, 2.45) is 5.92 Å². The quantitative estimate of drug-likeness (QED) is 0.755. The van der Waals surface area contributed by atoms with Crippen molar-refractivity contribution < 1.29 is 13.2 Å². The van der Waals surface area contributed by atoms with Gasteiger partial charge in [0.25, 0.3) is 15.9 Å². The van der Waals surface area contributed by atoms with Gasteiger partial charge in [-0.1, -0.05) is 24.3 Å². The molecule has 1 heterocycles. The standard InChI is InChI=1S/C22H29N3O3S/c1-24-15-12-18(13-16-24)11-14-23-22(26)19-7-6-8-20(17-19)25(2)29(27,28)21-9-4-3-5-10-21/h3-10,17-18H,11-16H2,1-2H3,(H,23,26). The van der Waals surface area contributed by atoms with Crippen LogP contribution in [0.15, 0.2) is 59.5 Å². The molecular weight excluding hydrogens is 386 g/mol. The van der Waals surface area contributed by atoms with Gasteiger partial charge in [-0.05, 0) is 75.6 Å². The number of benzene rings is 2. The second kappa shape index (κ2) is 9.41. The number of anilines is 1. The number of hydrogen-bond acceptors (Lipinski definition) is 4. The zero-order valence-electron chi connectivity index (χ0n) is 17.0. The Labute approximate surface area is 173 Å². The fraction of sp³-hybridized carbons (Fsp3) is 0.409. The zero-order chi connectivity index (χ0) is 20.9. The Morgan fingerprint density at radius 2 is 1.79 bits per heavy atom. The molecule has 1 amide bonds. The normalized spacial score (nSPS) is 15.8. The van der Waals surface area contributed by atoms with Gasteiger partial charge in [0.15, 0.2) is 0 Å². The molecule has 1 fully saturated rings. The first-order chi connectivity index (χ1) is 13.9. The lowest BCUT2D eigenvalue weighted by atomic mass is 9.94. The van der Waals surface area contributed by atoms with E-state index in [2.05, 4.69) is 17.3 Å². The molecule has 0 unspecified atom stereocenters. The Bertz CT molecular complexity index is 923. The molecule has 156 valence electrons. The largest absolute Gasteiger partial charge is 0.352 e. The molecule has 1 N–H and O–H groups in total. The summed E-state index contributed by atoms with van der Waals surface area (Å²) in [5.41, 5.74) is 0.915. The highest BCUT2D eigenvalue weighted by atomic mass is 32.2. The van der Waals surface area contributed by atoms with Crippen LogP contribution in [0.5, 0.6) is 0 Å². The summed E-state index contributed by atoms with van der Waals surface area (Å²) in [6.45, 7) is 2.86. The third kappa shape index (κ3) is 5.36. The van der Waals surface area contributed by atoms with E-state index in [1.807, 2.05) is 0 Å². The number of rotatable bonds is 7. The fourth-order valence-electron chi connectivity index (χ4n) is 3.57. The molecule has 0 bridgehead atoms. The van der Waals surface area contributed by atoms with Gasteiger partial charge in [-0.15, -0.1) is 0 Å². The van der Waals surface area contributed by atoms with Crippen molar-refractivity contribution in [3.63, 3.8) is 0 Å². The number of carbonyl (C=O) groups is 1. The molecule has 3 rings (SSSR count). The number of likely N-dealkylation sites (tertiary alicyclic amines) is 1. The van der Waals surface area contributed by atoms with Crippen molar-refractivity contribution in [1.29, 1.82) is 0 Å². The zero-order valence-corrected chi connectivity index (χ0v) is 17.9. The Morgan fingerprint density at radius 1 is 1.10 bits per heavy atom. The van der Waals surface area contributed by atoms with Gasteiger partial charge in [0.1, 0.15) is 0 Å². The van der Waals surface area contributed by atoms with Crippen LogP contribution in [0.4, 0.5) is 5.69 Å². The second-order valence-electron chi connectivity index (χ2n) is 7.63. The highest BCUT2D eigenvalue weighted by Gasteiger charge is 2.22. The molecule has 0 spiro atoms. The van der Waals surface area contributed by atoms with Gasteiger partial charge < -0.3 is 10.2 Å². The number of amides is 1. The van der Waals surface area contributed by atoms with Crippen LogP contribution in [0.25, 0.3) is 0 Å². The number of nitrogens with one attached hydrogen (secondary N) is 1. The van der Waals surface area contributed by atoms with E-state index in [4.69, 9.17) is 0 Å². The lowest BCUT2D eigenvalue weighted by Gasteiger charge is -2.28. The first-order valence-electron chi connectivity index (χ1n) is 9.98. The third-order valence-electron chi connectivity index (χ3n) is 5.55. The summed E-state index contributed by atoms with van der Waals surface area (Å²) in [5, 5.41) is 2.97. The molecule has 29 heavy (non-hydrogen) atoms. The molecule has 0 saturated carbocycles. The van der Waals surface area contributed by atoms with Crippen LogP contribution >= 0.6 is 0 Å². The summed E-state index contributed by atoms with van der Waals surface area (Å²) in [7, 11) is -0.0345. The molecule has 0 radical (unpaired) electrons. The van der Waals surface area contributed by atoms with E-state index in [0.717, 1.165) is 19.5 Å². The van der Waals surface area contributed by atoms with E-state index in [-0.39, 0.29) is 10.8 Å². The van der Waals surface area contributed by atoms with E-state index < -0.39 is 10.0 Å². The topological polar surface area (TPSA) is 69.7 Å². The molecule has 0 atom stereocenters. The van der Waals surface area contributed by atoms with Crippen molar-refractivity contribution in [2.75, 3.05) is 38.0 Å². The third-order valence-corrected chi connectivity index (χ3v) is 7.35. The van der Waals surface area contributed by atoms with E-state index >= 15 is 0 Å². The molecule has 0 aliphatic carbocycles. The van der Waals surface area contributed by atoms with Crippen LogP contribution in [-0.2, 0) is 10.0 Å². The summed E-state index contributed by atoms with van der Waals surface area (Å²) < 4.78 is 26.8. The van der Waals surface area contributed by atoms with Crippen molar-refractivity contribution in [2.45, 2.75) is 24.2 Å². The van der Waals surface area contributed by atoms with Gasteiger partial charge in [0, 0.05) is 19.2 Å². The average Bonchev–Trinajstić information content (AvgIpc) is 2.75. The minimum atomic E-state index is -3.67. The van der Waals surface area contributed by atoms with Gasteiger partial charge in [-0.25, -0.2) is 8.42 Å². The smallest absolute Gasteiger partial charge is 0.264 e. The molecular formula is C22H29N3O3S. The number of nitrogens with zero attached hydrogens (tertiary/aromatic N) is 2. The van der Waals surface area contributed by atoms with Crippen molar-refractivity contribution in [3.05, 3.63) is 60.2 Å². The van der Waals surface area contributed by atoms with Crippen molar-refractivity contribution in [1.82, 2.24) is 10.2 Å². The van der Waals surface area contributed by atoms with Gasteiger partial charge in [-0.2, -0.15) is 0 Å². The van der Waals surface area contributed by atoms with Crippen LogP contribution < -0.4 is 9.62 Å². The first kappa shape index (κ1) is 21.3. The summed E-state index contributed by atoms with van der Waals surface area (Å²) >= 11 is 0. The van der Waals surface area contributed by atoms with E-state index in [9.17, 15) is 13.2 Å². The molecule has 7 heteroatoms. The summed E-state index contributed by atoms with van der Waals surface area (Å²) in [5.74, 6) is 0.477. The molecule has 1 aliphatic rings. The number of sulfonamides is 1. The van der Waals surface area contributed by atoms with Crippen LogP contribution in [0.2, 0.25) is 0 Å². The molecule has 1 saturated heterocycles. The summed E-state index contributed by atoms with van der Waals surface area (Å²) in [4.78, 5) is 15.1. The SMILES string of the molecule is CN1CCC(CCNC(=O)c2cccc(N(C)S(=O)(=O)c3ccccc3)c2)CC1. The monoisotopic (exact) mass is 415 g/mol. The number of hydrogen-bond donors (Lipinski definition) is 1. The lowest BCUT2D eigenvalue weighted by Crippen LogP contribution is -2.32. The Hall–Kier alpha value is -2.38. The molecule has 0 aromatic heterocycles. The van der Waals surface area contributed by atoms with Crippen molar-refractivity contribution >= 4 is 21.6 Å². The molecule has 2 aromatic carbocycles. The van der Waals surface area contributed by atoms with Gasteiger partial charge in [0.2, 0.25) is 0 Å². The maximum absolute atomic E-state index is 12.8. The van der Waals surface area contributed by atoms with Crippen LogP contribution in [0.1, 0.15) is 29.6 Å². The Morgan fingerprint density at radius 3 is 2.48 bits per heavy atom. The van der Waals surface area contributed by atoms with Crippen LogP contribution in [0.3, 0.4) is 0 Å². The first-order valence-corrected chi connectivity index (χ1v) is 11.4. The summed E-state index contributed by atoms with van der Waals surface area (Å²) in [6.07, 6.45) is 3.32. The molecule has 6 nitrogen and oxygen atoms in total. The lowest BCUT2D eigenvalue weighted by molar-refractivity contribution is 0.0949. The predicted octanol–water partition coefficient (Wildman–Crippen LogP) is 2.97. The highest BCUT2D eigenvalue weighted by molar-refractivity contribution is 7.92. The molecule has 2 aromatic rings. The van der Waals surface area contributed by atoms with Gasteiger partial charge in [-0.3, -0.25) is 9.10 Å². The minimum Gasteiger partial charge on any atom is -0.352 e. The minimum absolute atomic E-state index is 0.176. The molecule has 1 aliphatic heterocycles. The Kier molecular flexibility index (Phi) is 6.92.